The van der Waals surface area contributed by atoms with Crippen molar-refractivity contribution in [1.29, 1.82) is 0 Å². The van der Waals surface area contributed by atoms with Crippen LogP contribution in [0.25, 0.3) is 0 Å². The van der Waals surface area contributed by atoms with E-state index in [1.165, 1.54) is 0 Å². The van der Waals surface area contributed by atoms with Gasteiger partial charge in [0.2, 0.25) is 5.91 Å². The van der Waals surface area contributed by atoms with Gasteiger partial charge in [0.05, 0.1) is 12.1 Å². The first-order valence-corrected chi connectivity index (χ1v) is 8.62. The molecule has 1 heterocycles. The van der Waals surface area contributed by atoms with Gasteiger partial charge < -0.3 is 15.2 Å². The Morgan fingerprint density at radius 2 is 1.67 bits per heavy atom. The van der Waals surface area contributed by atoms with Crippen LogP contribution < -0.4 is 10.6 Å². The van der Waals surface area contributed by atoms with Gasteiger partial charge >= 0.3 is 0 Å². The van der Waals surface area contributed by atoms with Crippen molar-refractivity contribution in [2.24, 2.45) is 0 Å². The van der Waals surface area contributed by atoms with Crippen LogP contribution in [0.4, 0.5) is 11.4 Å². The number of anilines is 2. The quantitative estimate of drug-likeness (QED) is 0.717. The van der Waals surface area contributed by atoms with Crippen LogP contribution in [0.5, 0.6) is 0 Å². The molecule has 2 amide bonds. The molecule has 27 heavy (non-hydrogen) atoms. The van der Waals surface area contributed by atoms with Crippen LogP contribution >= 0.6 is 0 Å². The van der Waals surface area contributed by atoms with Crippen molar-refractivity contribution < 1.29 is 14.1 Å². The Morgan fingerprint density at radius 3 is 2.33 bits per heavy atom. The number of rotatable bonds is 5. The fraction of sp³-hybridized carbons (Fsp3) is 0.190. The maximum atomic E-state index is 12.5. The van der Waals surface area contributed by atoms with Crippen LogP contribution in [-0.4, -0.2) is 17.0 Å². The molecular weight excluding hydrogens is 342 g/mol. The van der Waals surface area contributed by atoms with Crippen molar-refractivity contribution in [3.8, 4) is 0 Å². The van der Waals surface area contributed by atoms with Crippen molar-refractivity contribution >= 4 is 23.2 Å². The molecule has 0 saturated carbocycles. The monoisotopic (exact) mass is 363 g/mol. The third kappa shape index (κ3) is 4.61. The van der Waals surface area contributed by atoms with Gasteiger partial charge in [-0.3, -0.25) is 9.59 Å². The predicted octanol–water partition coefficient (Wildman–Crippen LogP) is 4.03. The van der Waals surface area contributed by atoms with Crippen molar-refractivity contribution in [2.45, 2.75) is 27.2 Å². The number of aryl methyl sites for hydroxylation is 3. The number of nitrogens with zero attached hydrogens (tertiary/aromatic N) is 1. The van der Waals surface area contributed by atoms with Gasteiger partial charge in [-0.25, -0.2) is 0 Å². The summed E-state index contributed by atoms with van der Waals surface area (Å²) in [5, 5.41) is 9.52. The largest absolute Gasteiger partial charge is 0.361 e. The van der Waals surface area contributed by atoms with Crippen molar-refractivity contribution in [3.63, 3.8) is 0 Å². The van der Waals surface area contributed by atoms with Gasteiger partial charge in [0.15, 0.2) is 0 Å². The minimum atomic E-state index is -0.234. The second-order valence-corrected chi connectivity index (χ2v) is 6.43. The number of benzene rings is 2. The van der Waals surface area contributed by atoms with E-state index in [9.17, 15) is 9.59 Å². The first-order valence-electron chi connectivity index (χ1n) is 8.62. The smallest absolute Gasteiger partial charge is 0.255 e. The molecule has 0 saturated heterocycles. The van der Waals surface area contributed by atoms with E-state index in [0.29, 0.717) is 22.7 Å². The molecule has 0 radical (unpaired) electrons. The highest BCUT2D eigenvalue weighted by atomic mass is 16.5. The molecule has 138 valence electrons. The third-order valence-corrected chi connectivity index (χ3v) is 4.20. The Balaban J connectivity index is 1.68. The lowest BCUT2D eigenvalue weighted by Crippen LogP contribution is -2.16. The molecule has 0 aliphatic carbocycles. The Hall–Kier alpha value is -3.41. The summed E-state index contributed by atoms with van der Waals surface area (Å²) in [5.41, 5.74) is 4.30. The molecular formula is C21H21N3O3. The number of nitrogens with one attached hydrogen (secondary N) is 2. The van der Waals surface area contributed by atoms with Gasteiger partial charge in [-0.05, 0) is 56.7 Å². The zero-order valence-corrected chi connectivity index (χ0v) is 15.5. The molecule has 3 aromatic rings. The minimum absolute atomic E-state index is 0.168. The Kier molecular flexibility index (Phi) is 5.35. The number of hydrogen-bond acceptors (Lipinski definition) is 4. The average Bonchev–Trinajstić information content (AvgIpc) is 2.94. The second-order valence-electron chi connectivity index (χ2n) is 6.43. The number of carbonyl (C=O) groups excluding carboxylic acids is 2. The van der Waals surface area contributed by atoms with Crippen molar-refractivity contribution in [2.75, 3.05) is 10.6 Å². The average molecular weight is 363 g/mol. The van der Waals surface area contributed by atoms with E-state index in [-0.39, 0.29) is 18.2 Å². The van der Waals surface area contributed by atoms with E-state index in [1.807, 2.05) is 31.2 Å². The predicted molar refractivity (Wildman–Crippen MR) is 104 cm³/mol. The highest BCUT2D eigenvalue weighted by Crippen LogP contribution is 2.17. The van der Waals surface area contributed by atoms with Crippen molar-refractivity contribution in [1.82, 2.24) is 5.16 Å². The fourth-order valence-corrected chi connectivity index (χ4v) is 2.78. The maximum Gasteiger partial charge on any atom is 0.255 e. The first kappa shape index (κ1) is 18.4. The molecule has 0 bridgehead atoms. The Morgan fingerprint density at radius 1 is 0.963 bits per heavy atom. The zero-order chi connectivity index (χ0) is 19.4. The highest BCUT2D eigenvalue weighted by molar-refractivity contribution is 6.05. The standard InChI is InChI=1S/C21H21N3O3/c1-13-6-4-8-17(10-13)23-21(26)16-7-5-9-18(11-16)22-20(25)12-19-14(2)24-27-15(19)3/h4-11H,12H2,1-3H3,(H,22,25)(H,23,26). The van der Waals surface area contributed by atoms with Gasteiger partial charge in [-0.15, -0.1) is 0 Å². The summed E-state index contributed by atoms with van der Waals surface area (Å²) < 4.78 is 5.08. The Labute approximate surface area is 157 Å². The van der Waals surface area contributed by atoms with E-state index < -0.39 is 0 Å². The Bertz CT molecular complexity index is 972. The van der Waals surface area contributed by atoms with E-state index in [0.717, 1.165) is 16.8 Å². The number of carbonyl (C=O) groups is 2. The second kappa shape index (κ2) is 7.86. The molecule has 3 rings (SSSR count). The van der Waals surface area contributed by atoms with Gasteiger partial charge in [0.1, 0.15) is 5.76 Å². The van der Waals surface area contributed by atoms with E-state index in [2.05, 4.69) is 15.8 Å². The molecule has 6 heteroatoms. The summed E-state index contributed by atoms with van der Waals surface area (Å²) in [4.78, 5) is 24.8. The molecule has 2 aromatic carbocycles. The van der Waals surface area contributed by atoms with Crippen LogP contribution in [0.15, 0.2) is 53.1 Å². The van der Waals surface area contributed by atoms with Crippen LogP contribution in [0.2, 0.25) is 0 Å². The number of amides is 2. The number of hydrogen-bond donors (Lipinski definition) is 2. The van der Waals surface area contributed by atoms with E-state index >= 15 is 0 Å². The molecule has 0 spiro atoms. The van der Waals surface area contributed by atoms with E-state index in [1.54, 1.807) is 38.1 Å². The lowest BCUT2D eigenvalue weighted by atomic mass is 10.1. The van der Waals surface area contributed by atoms with Crippen LogP contribution in [0.1, 0.15) is 32.9 Å². The van der Waals surface area contributed by atoms with Gasteiger partial charge in [0, 0.05) is 22.5 Å². The molecule has 0 aliphatic rings. The van der Waals surface area contributed by atoms with Crippen LogP contribution in [-0.2, 0) is 11.2 Å². The SMILES string of the molecule is Cc1cccc(NC(=O)c2cccc(NC(=O)Cc3c(C)noc3C)c2)c1. The van der Waals surface area contributed by atoms with Crippen LogP contribution in [0.3, 0.4) is 0 Å². The van der Waals surface area contributed by atoms with E-state index in [4.69, 9.17) is 4.52 Å². The molecule has 2 N–H and O–H groups in total. The minimum Gasteiger partial charge on any atom is -0.361 e. The summed E-state index contributed by atoms with van der Waals surface area (Å²) >= 11 is 0. The van der Waals surface area contributed by atoms with Gasteiger partial charge in [-0.2, -0.15) is 0 Å². The highest BCUT2D eigenvalue weighted by Gasteiger charge is 2.14. The number of aromatic nitrogens is 1. The molecule has 0 fully saturated rings. The summed E-state index contributed by atoms with van der Waals surface area (Å²) in [6.45, 7) is 5.54. The lowest BCUT2D eigenvalue weighted by Gasteiger charge is -2.09. The maximum absolute atomic E-state index is 12.5. The summed E-state index contributed by atoms with van der Waals surface area (Å²) in [6, 6.07) is 14.4. The summed E-state index contributed by atoms with van der Waals surface area (Å²) in [6.07, 6.45) is 0.168. The topological polar surface area (TPSA) is 84.2 Å². The molecule has 0 atom stereocenters. The van der Waals surface area contributed by atoms with Crippen molar-refractivity contribution in [3.05, 3.63) is 76.7 Å². The van der Waals surface area contributed by atoms with Gasteiger partial charge in [0.25, 0.3) is 5.91 Å². The lowest BCUT2D eigenvalue weighted by molar-refractivity contribution is -0.115. The third-order valence-electron chi connectivity index (χ3n) is 4.20. The molecule has 6 nitrogen and oxygen atoms in total. The summed E-state index contributed by atoms with van der Waals surface area (Å²) in [7, 11) is 0. The first-order chi connectivity index (χ1) is 12.9. The van der Waals surface area contributed by atoms with Crippen LogP contribution in [0, 0.1) is 20.8 Å². The van der Waals surface area contributed by atoms with Gasteiger partial charge in [-0.1, -0.05) is 23.4 Å². The molecule has 0 aliphatic heterocycles. The molecule has 0 unspecified atom stereocenters. The fourth-order valence-electron chi connectivity index (χ4n) is 2.78. The summed E-state index contributed by atoms with van der Waals surface area (Å²) in [5.74, 6) is 0.206. The normalized spacial score (nSPS) is 10.5. The zero-order valence-electron chi connectivity index (χ0n) is 15.5. The molecule has 1 aromatic heterocycles.